The third-order valence-corrected chi connectivity index (χ3v) is 4.19. The van der Waals surface area contributed by atoms with Crippen molar-refractivity contribution in [2.24, 2.45) is 0 Å². The molecule has 2 heteroatoms. The van der Waals surface area contributed by atoms with Crippen LogP contribution in [0.1, 0.15) is 89.9 Å². The molecule has 0 unspecified atom stereocenters. The van der Waals surface area contributed by atoms with Gasteiger partial charge in [-0.1, -0.05) is 62.8 Å². The van der Waals surface area contributed by atoms with Crippen molar-refractivity contribution >= 4 is 11.6 Å². The van der Waals surface area contributed by atoms with Crippen LogP contribution in [0, 0.1) is 0 Å². The van der Waals surface area contributed by atoms with Crippen LogP contribution >= 0.6 is 0 Å². The van der Waals surface area contributed by atoms with E-state index in [2.05, 4.69) is 12.2 Å². The summed E-state index contributed by atoms with van der Waals surface area (Å²) in [5.74, 6) is 0.735. The Kier molecular flexibility index (Phi) is 11.6. The van der Waals surface area contributed by atoms with E-state index in [0.717, 1.165) is 38.5 Å². The van der Waals surface area contributed by atoms with E-state index in [1.54, 1.807) is 0 Å². The molecule has 0 atom stereocenters. The highest BCUT2D eigenvalue weighted by atomic mass is 16.1. The molecule has 2 nitrogen and oxygen atoms in total. The van der Waals surface area contributed by atoms with Crippen LogP contribution in [0.3, 0.4) is 0 Å². The maximum atomic E-state index is 11.7. The molecule has 1 aliphatic rings. The molecule has 0 aromatic heterocycles. The van der Waals surface area contributed by atoms with E-state index in [4.69, 9.17) is 0 Å². The fraction of sp³-hybridized carbons (Fsp3) is 0.700. The van der Waals surface area contributed by atoms with E-state index in [9.17, 15) is 9.59 Å². The van der Waals surface area contributed by atoms with E-state index in [0.29, 0.717) is 24.4 Å². The number of hydrogen-bond acceptors (Lipinski definition) is 2. The van der Waals surface area contributed by atoms with Crippen molar-refractivity contribution in [3.05, 3.63) is 24.3 Å². The summed E-state index contributed by atoms with van der Waals surface area (Å²) in [6, 6.07) is 0. The zero-order valence-electron chi connectivity index (χ0n) is 14.0. The molecule has 0 bridgehead atoms. The second kappa shape index (κ2) is 13.5. The van der Waals surface area contributed by atoms with Crippen molar-refractivity contribution < 1.29 is 9.59 Å². The van der Waals surface area contributed by atoms with Crippen LogP contribution in [0.25, 0.3) is 0 Å². The molecular formula is C20H32O2. The maximum absolute atomic E-state index is 11.7. The highest BCUT2D eigenvalue weighted by Crippen LogP contribution is 2.12. The molecule has 0 heterocycles. The maximum Gasteiger partial charge on any atom is 0.136 e. The summed E-state index contributed by atoms with van der Waals surface area (Å²) in [5, 5.41) is 0. The third kappa shape index (κ3) is 11.5. The topological polar surface area (TPSA) is 34.1 Å². The van der Waals surface area contributed by atoms with E-state index in [-0.39, 0.29) is 0 Å². The van der Waals surface area contributed by atoms with Gasteiger partial charge in [-0.05, 0) is 25.7 Å². The zero-order valence-corrected chi connectivity index (χ0v) is 14.0. The van der Waals surface area contributed by atoms with Crippen molar-refractivity contribution in [1.82, 2.24) is 0 Å². The Bertz CT molecular complexity index is 330. The fourth-order valence-electron chi connectivity index (χ4n) is 2.77. The Hall–Kier alpha value is -1.18. The molecule has 0 saturated carbocycles. The second-order valence-corrected chi connectivity index (χ2v) is 6.33. The lowest BCUT2D eigenvalue weighted by Gasteiger charge is -2.02. The highest BCUT2D eigenvalue weighted by molar-refractivity contribution is 5.80. The molecule has 0 aliphatic heterocycles. The van der Waals surface area contributed by atoms with Crippen molar-refractivity contribution in [3.8, 4) is 0 Å². The Labute approximate surface area is 136 Å². The number of allylic oxidation sites excluding steroid dienone is 4. The average molecular weight is 304 g/mol. The van der Waals surface area contributed by atoms with E-state index in [1.165, 1.54) is 38.5 Å². The second-order valence-electron chi connectivity index (χ2n) is 6.33. The fourth-order valence-corrected chi connectivity index (χ4v) is 2.77. The Morgan fingerprint density at radius 3 is 1.27 bits per heavy atom. The summed E-state index contributed by atoms with van der Waals surface area (Å²) in [5.41, 5.74) is 0. The smallest absolute Gasteiger partial charge is 0.136 e. The van der Waals surface area contributed by atoms with Gasteiger partial charge in [0.05, 0.1) is 0 Å². The van der Waals surface area contributed by atoms with Gasteiger partial charge in [-0.3, -0.25) is 9.59 Å². The van der Waals surface area contributed by atoms with Crippen LogP contribution in [-0.2, 0) is 9.59 Å². The highest BCUT2D eigenvalue weighted by Gasteiger charge is 2.01. The number of carbonyl (C=O) groups is 2. The first-order valence-electron chi connectivity index (χ1n) is 9.12. The Balaban J connectivity index is 2.30. The molecule has 1 rings (SSSR count). The molecule has 0 amide bonds. The largest absolute Gasteiger partial charge is 0.299 e. The van der Waals surface area contributed by atoms with Gasteiger partial charge in [0.15, 0.2) is 0 Å². The molecule has 0 aromatic carbocycles. The molecule has 1 aliphatic carbocycles. The van der Waals surface area contributed by atoms with Crippen LogP contribution in [0.15, 0.2) is 24.3 Å². The van der Waals surface area contributed by atoms with Crippen LogP contribution < -0.4 is 0 Å². The molecule has 0 spiro atoms. The van der Waals surface area contributed by atoms with Crippen molar-refractivity contribution in [2.45, 2.75) is 89.9 Å². The summed E-state index contributed by atoms with van der Waals surface area (Å²) in [6.07, 6.45) is 22.2. The first kappa shape index (κ1) is 18.9. The summed E-state index contributed by atoms with van der Waals surface area (Å²) in [7, 11) is 0. The standard InChI is InChI=1S/C20H32O2/c21-19-15-11-7-3-1-2-4-8-12-16-20(22)18-14-10-6-5-9-13-17-19/h9-10,13-14H,1-8,11-12,15-18H2. The summed E-state index contributed by atoms with van der Waals surface area (Å²) < 4.78 is 0. The molecule has 0 saturated heterocycles. The molecule has 0 N–H and O–H groups in total. The van der Waals surface area contributed by atoms with Gasteiger partial charge in [0.25, 0.3) is 0 Å². The first-order chi connectivity index (χ1) is 10.8. The van der Waals surface area contributed by atoms with Gasteiger partial charge in [-0.15, -0.1) is 0 Å². The molecule has 124 valence electrons. The Morgan fingerprint density at radius 1 is 0.500 bits per heavy atom. The van der Waals surface area contributed by atoms with Crippen molar-refractivity contribution in [2.75, 3.05) is 0 Å². The lowest BCUT2D eigenvalue weighted by molar-refractivity contribution is -0.119. The number of rotatable bonds is 0. The van der Waals surface area contributed by atoms with Gasteiger partial charge in [0, 0.05) is 25.7 Å². The third-order valence-electron chi connectivity index (χ3n) is 4.19. The quantitative estimate of drug-likeness (QED) is 0.537. The number of ketones is 2. The van der Waals surface area contributed by atoms with E-state index < -0.39 is 0 Å². The van der Waals surface area contributed by atoms with E-state index in [1.807, 2.05) is 12.2 Å². The van der Waals surface area contributed by atoms with Gasteiger partial charge in [-0.2, -0.15) is 0 Å². The lowest BCUT2D eigenvalue weighted by Crippen LogP contribution is -1.96. The van der Waals surface area contributed by atoms with Crippen LogP contribution in [0.4, 0.5) is 0 Å². The first-order valence-corrected chi connectivity index (χ1v) is 9.12. The monoisotopic (exact) mass is 304 g/mol. The molecular weight excluding hydrogens is 272 g/mol. The lowest BCUT2D eigenvalue weighted by atomic mass is 10.0. The van der Waals surface area contributed by atoms with Gasteiger partial charge in [0.2, 0.25) is 0 Å². The molecule has 0 radical (unpaired) electrons. The average Bonchev–Trinajstić information content (AvgIpc) is 2.50. The molecule has 0 aromatic rings. The SMILES string of the molecule is O=C1CC=CCCC=CCC(=O)CCCCCCCCCC1. The summed E-state index contributed by atoms with van der Waals surface area (Å²) >= 11 is 0. The van der Waals surface area contributed by atoms with Crippen LogP contribution in [0.5, 0.6) is 0 Å². The minimum atomic E-state index is 0.367. The van der Waals surface area contributed by atoms with Gasteiger partial charge in [0.1, 0.15) is 11.6 Å². The van der Waals surface area contributed by atoms with Gasteiger partial charge < -0.3 is 0 Å². The molecule has 0 fully saturated rings. The minimum absolute atomic E-state index is 0.367. The van der Waals surface area contributed by atoms with Crippen LogP contribution in [0.2, 0.25) is 0 Å². The number of hydrogen-bond donors (Lipinski definition) is 0. The molecule has 22 heavy (non-hydrogen) atoms. The minimum Gasteiger partial charge on any atom is -0.299 e. The van der Waals surface area contributed by atoms with Gasteiger partial charge >= 0.3 is 0 Å². The Morgan fingerprint density at radius 2 is 0.864 bits per heavy atom. The van der Waals surface area contributed by atoms with Crippen LogP contribution in [-0.4, -0.2) is 11.6 Å². The number of carbonyl (C=O) groups excluding carboxylic acids is 2. The normalized spacial score (nSPS) is 21.6. The predicted octanol–water partition coefficient (Wildman–Crippen LogP) is 5.71. The van der Waals surface area contributed by atoms with E-state index >= 15 is 0 Å². The number of Topliss-reactive ketones (excluding diaryl/α,β-unsaturated/α-hetero) is 2. The predicted molar refractivity (Wildman–Crippen MR) is 92.9 cm³/mol. The summed E-state index contributed by atoms with van der Waals surface area (Å²) in [6.45, 7) is 0. The van der Waals surface area contributed by atoms with Gasteiger partial charge in [-0.25, -0.2) is 0 Å². The van der Waals surface area contributed by atoms with Crippen molar-refractivity contribution in [1.29, 1.82) is 0 Å². The zero-order chi connectivity index (χ0) is 15.9. The van der Waals surface area contributed by atoms with Crippen molar-refractivity contribution in [3.63, 3.8) is 0 Å². The summed E-state index contributed by atoms with van der Waals surface area (Å²) in [4.78, 5) is 23.4.